The Labute approximate surface area is 157 Å². The maximum Gasteiger partial charge on any atom is 0.417 e. The predicted octanol–water partition coefficient (Wildman–Crippen LogP) is 5.66. The summed E-state index contributed by atoms with van der Waals surface area (Å²) in [6, 6.07) is 1.95. The lowest BCUT2D eigenvalue weighted by Gasteiger charge is -2.13. The van der Waals surface area contributed by atoms with Gasteiger partial charge in [-0.3, -0.25) is 0 Å². The Hall–Kier alpha value is -2.20. The van der Waals surface area contributed by atoms with Crippen LogP contribution >= 0.6 is 23.2 Å². The summed E-state index contributed by atoms with van der Waals surface area (Å²) in [7, 11) is 0. The van der Waals surface area contributed by atoms with Crippen LogP contribution in [0.25, 0.3) is 16.7 Å². The van der Waals surface area contributed by atoms with Gasteiger partial charge in [-0.05, 0) is 25.1 Å². The van der Waals surface area contributed by atoms with E-state index in [1.807, 2.05) is 0 Å². The van der Waals surface area contributed by atoms with Crippen molar-refractivity contribution in [3.05, 3.63) is 45.1 Å². The number of rotatable bonds is 1. The van der Waals surface area contributed by atoms with Crippen LogP contribution < -0.4 is 5.73 Å². The molecule has 27 heavy (non-hydrogen) atoms. The number of aryl methyl sites for hydroxylation is 1. The van der Waals surface area contributed by atoms with Crippen molar-refractivity contribution in [3.63, 3.8) is 0 Å². The van der Waals surface area contributed by atoms with E-state index in [9.17, 15) is 26.3 Å². The summed E-state index contributed by atoms with van der Waals surface area (Å²) in [4.78, 5) is 3.89. The molecule has 3 aromatic rings. The summed E-state index contributed by atoms with van der Waals surface area (Å²) >= 11 is 11.8. The highest BCUT2D eigenvalue weighted by molar-refractivity contribution is 6.38. The first-order valence-electron chi connectivity index (χ1n) is 7.10. The smallest absolute Gasteiger partial charge is 0.383 e. The van der Waals surface area contributed by atoms with E-state index in [4.69, 9.17) is 28.9 Å². The van der Waals surface area contributed by atoms with E-state index in [2.05, 4.69) is 10.1 Å². The first-order chi connectivity index (χ1) is 12.3. The number of hydrogen-bond donors (Lipinski definition) is 1. The molecule has 0 saturated heterocycles. The summed E-state index contributed by atoms with van der Waals surface area (Å²) in [5, 5.41) is 2.39. The second kappa shape index (κ2) is 6.16. The van der Waals surface area contributed by atoms with E-state index >= 15 is 0 Å². The van der Waals surface area contributed by atoms with E-state index in [0.717, 1.165) is 10.7 Å². The second-order valence-electron chi connectivity index (χ2n) is 5.59. The Morgan fingerprint density at radius 1 is 0.963 bits per heavy atom. The van der Waals surface area contributed by atoms with Gasteiger partial charge in [0.05, 0.1) is 26.6 Å². The van der Waals surface area contributed by atoms with Gasteiger partial charge in [0.2, 0.25) is 0 Å². The van der Waals surface area contributed by atoms with Gasteiger partial charge in [-0.1, -0.05) is 23.2 Å². The van der Waals surface area contributed by atoms with Crippen molar-refractivity contribution in [1.82, 2.24) is 14.8 Å². The maximum atomic E-state index is 13.3. The highest BCUT2D eigenvalue weighted by Gasteiger charge is 2.36. The highest BCUT2D eigenvalue weighted by Crippen LogP contribution is 2.41. The van der Waals surface area contributed by atoms with Crippen LogP contribution in [0.15, 0.2) is 18.2 Å². The molecule has 0 bridgehead atoms. The highest BCUT2D eigenvalue weighted by atomic mass is 35.5. The zero-order valence-corrected chi connectivity index (χ0v) is 14.7. The first kappa shape index (κ1) is 19.6. The number of nitrogens with zero attached hydrogens (tertiary/aromatic N) is 3. The summed E-state index contributed by atoms with van der Waals surface area (Å²) in [5.41, 5.74) is 3.01. The number of pyridine rings is 1. The number of fused-ring (bicyclic) bond motifs is 1. The van der Waals surface area contributed by atoms with Crippen molar-refractivity contribution in [2.75, 3.05) is 5.73 Å². The summed E-state index contributed by atoms with van der Waals surface area (Å²) in [5.74, 6) is -0.506. The molecule has 144 valence electrons. The maximum absolute atomic E-state index is 13.3. The van der Waals surface area contributed by atoms with Gasteiger partial charge in [0.1, 0.15) is 11.5 Å². The Bertz CT molecular complexity index is 1030. The Morgan fingerprint density at radius 3 is 2.00 bits per heavy atom. The number of benzene rings is 1. The summed E-state index contributed by atoms with van der Waals surface area (Å²) in [6.45, 7) is 1.34. The molecule has 2 N–H and O–H groups in total. The van der Waals surface area contributed by atoms with Crippen LogP contribution in [0.4, 0.5) is 32.2 Å². The molecule has 1 aromatic carbocycles. The van der Waals surface area contributed by atoms with E-state index in [0.29, 0.717) is 12.1 Å². The summed E-state index contributed by atoms with van der Waals surface area (Å²) in [6.07, 6.45) is -9.46. The average molecular weight is 429 g/mol. The van der Waals surface area contributed by atoms with E-state index in [1.54, 1.807) is 0 Å². The lowest BCUT2D eigenvalue weighted by Crippen LogP contribution is -2.09. The Balaban J connectivity index is 2.33. The number of hydrogen-bond acceptors (Lipinski definition) is 3. The number of aromatic nitrogens is 3. The molecule has 2 aromatic heterocycles. The largest absolute Gasteiger partial charge is 0.417 e. The number of nitrogens with two attached hydrogens (primary N) is 1. The minimum absolute atomic E-state index is 0.0316. The monoisotopic (exact) mass is 428 g/mol. The third-order valence-corrected chi connectivity index (χ3v) is 4.25. The van der Waals surface area contributed by atoms with Crippen LogP contribution in [0, 0.1) is 6.92 Å². The van der Waals surface area contributed by atoms with E-state index in [-0.39, 0.29) is 17.0 Å². The van der Waals surface area contributed by atoms with E-state index < -0.39 is 44.7 Å². The van der Waals surface area contributed by atoms with Crippen LogP contribution in [0.2, 0.25) is 10.0 Å². The van der Waals surface area contributed by atoms with Crippen molar-refractivity contribution in [1.29, 1.82) is 0 Å². The van der Waals surface area contributed by atoms with Gasteiger partial charge in [0.25, 0.3) is 0 Å². The first-order valence-corrected chi connectivity index (χ1v) is 7.86. The van der Waals surface area contributed by atoms with Gasteiger partial charge in [-0.25, -0.2) is 9.67 Å². The van der Waals surface area contributed by atoms with Gasteiger partial charge >= 0.3 is 12.4 Å². The Kier molecular flexibility index (Phi) is 4.47. The third-order valence-electron chi connectivity index (χ3n) is 3.67. The van der Waals surface area contributed by atoms with Gasteiger partial charge in [-0.2, -0.15) is 26.3 Å². The van der Waals surface area contributed by atoms with Gasteiger partial charge in [-0.15, -0.1) is 5.10 Å². The molecule has 3 rings (SSSR count). The predicted molar refractivity (Wildman–Crippen MR) is 88.0 cm³/mol. The molecule has 4 nitrogen and oxygen atoms in total. The molecule has 0 aliphatic rings. The zero-order valence-electron chi connectivity index (χ0n) is 13.2. The second-order valence-corrected chi connectivity index (χ2v) is 6.41. The molecule has 0 amide bonds. The fraction of sp³-hybridized carbons (Fsp3) is 0.200. The molecule has 0 aliphatic heterocycles. The molecule has 0 atom stereocenters. The fourth-order valence-electron chi connectivity index (χ4n) is 2.56. The number of alkyl halides is 6. The lowest BCUT2D eigenvalue weighted by atomic mass is 10.1. The third kappa shape index (κ3) is 3.39. The molecule has 0 spiro atoms. The molecule has 0 radical (unpaired) electrons. The SMILES string of the molecule is Cc1cc(C(F)(F)F)c2c(N)n(-c3c(Cl)cc(C(F)(F)F)cc3Cl)nc2n1. The molecule has 2 heterocycles. The van der Waals surface area contributed by atoms with Crippen molar-refractivity contribution in [2.24, 2.45) is 0 Å². The molecular formula is C15H8Cl2F6N4. The van der Waals surface area contributed by atoms with Crippen LogP contribution in [0.1, 0.15) is 16.8 Å². The van der Waals surface area contributed by atoms with Gasteiger partial charge in [0.15, 0.2) is 5.65 Å². The van der Waals surface area contributed by atoms with Crippen LogP contribution in [0.5, 0.6) is 0 Å². The minimum atomic E-state index is -4.75. The number of nitrogen functional groups attached to an aromatic ring is 1. The van der Waals surface area contributed by atoms with Crippen molar-refractivity contribution in [3.8, 4) is 5.69 Å². The lowest BCUT2D eigenvalue weighted by molar-refractivity contribution is -0.138. The molecule has 0 fully saturated rings. The standard InChI is InChI=1S/C15H8Cl2F6N4/c1-5-2-7(15(21,22)23)10-12(24)27(26-13(10)25-5)11-8(16)3-6(4-9(11)17)14(18,19)20/h2-4H,24H2,1H3. The normalized spacial score (nSPS) is 12.8. The quantitative estimate of drug-likeness (QED) is 0.509. The topological polar surface area (TPSA) is 56.7 Å². The van der Waals surface area contributed by atoms with E-state index in [1.165, 1.54) is 6.92 Å². The molecule has 0 saturated carbocycles. The molecule has 12 heteroatoms. The van der Waals surface area contributed by atoms with Gasteiger partial charge < -0.3 is 5.73 Å². The zero-order chi connectivity index (χ0) is 20.3. The Morgan fingerprint density at radius 2 is 1.52 bits per heavy atom. The van der Waals surface area contributed by atoms with Crippen molar-refractivity contribution < 1.29 is 26.3 Å². The molecular weight excluding hydrogens is 421 g/mol. The van der Waals surface area contributed by atoms with Crippen molar-refractivity contribution >= 4 is 40.1 Å². The van der Waals surface area contributed by atoms with Crippen LogP contribution in [0.3, 0.4) is 0 Å². The number of anilines is 1. The minimum Gasteiger partial charge on any atom is -0.383 e. The van der Waals surface area contributed by atoms with Crippen LogP contribution in [-0.4, -0.2) is 14.8 Å². The van der Waals surface area contributed by atoms with Crippen LogP contribution in [-0.2, 0) is 12.4 Å². The van der Waals surface area contributed by atoms with Crippen molar-refractivity contribution in [2.45, 2.75) is 19.3 Å². The molecule has 0 unspecified atom stereocenters. The number of halogens is 8. The van der Waals surface area contributed by atoms with Gasteiger partial charge in [0, 0.05) is 5.69 Å². The fourth-order valence-corrected chi connectivity index (χ4v) is 3.21. The average Bonchev–Trinajstić information content (AvgIpc) is 2.80. The summed E-state index contributed by atoms with van der Waals surface area (Å²) < 4.78 is 79.3. The molecule has 0 aliphatic carbocycles.